The molecule has 8 bridgehead atoms. The fraction of sp³-hybridized carbons (Fsp3) is 0.375. The van der Waals surface area contributed by atoms with Crippen molar-refractivity contribution in [3.8, 4) is 0 Å². The van der Waals surface area contributed by atoms with E-state index < -0.39 is 0 Å². The van der Waals surface area contributed by atoms with Gasteiger partial charge in [-0.1, -0.05) is 104 Å². The molecule has 2 aromatic carbocycles. The van der Waals surface area contributed by atoms with Gasteiger partial charge in [0.1, 0.15) is 0 Å². The van der Waals surface area contributed by atoms with Crippen molar-refractivity contribution in [1.29, 1.82) is 0 Å². The summed E-state index contributed by atoms with van der Waals surface area (Å²) in [6.45, 7) is 17.8. The molecule has 1 aliphatic rings. The van der Waals surface area contributed by atoms with E-state index in [1.165, 1.54) is 22.3 Å². The fourth-order valence-corrected chi connectivity index (χ4v) is 5.12. The molecule has 1 aliphatic heterocycles. The van der Waals surface area contributed by atoms with Gasteiger partial charge in [0.2, 0.25) is 0 Å². The van der Waals surface area contributed by atoms with Gasteiger partial charge in [0.15, 0.2) is 0 Å². The van der Waals surface area contributed by atoms with Crippen molar-refractivity contribution in [1.82, 2.24) is 19.9 Å². The first kappa shape index (κ1) is 24.3. The number of hydrogen-bond acceptors (Lipinski definition) is 4. The average Bonchev–Trinajstić information content (AvgIpc) is 2.88. The molecule has 4 nitrogen and oxygen atoms in total. The van der Waals surface area contributed by atoms with Crippen LogP contribution < -0.4 is 0 Å². The van der Waals surface area contributed by atoms with Gasteiger partial charge in [0, 0.05) is 46.4 Å². The van der Waals surface area contributed by atoms with Crippen LogP contribution >= 0.6 is 0 Å². The Morgan fingerprint density at radius 3 is 0.917 bits per heavy atom. The molecule has 5 rings (SSSR count). The van der Waals surface area contributed by atoms with Gasteiger partial charge >= 0.3 is 0 Å². The molecule has 0 unspecified atom stereocenters. The SMILES string of the molecule is CC1(C)c2cccc(c2)C(C)(C)c2cncc(n2)C(C)(C)c2cccc(c2)C(C)(C)c2cncc1n2. The number of benzene rings is 2. The Balaban J connectivity index is 1.84. The molecule has 0 fully saturated rings. The topological polar surface area (TPSA) is 51.6 Å². The van der Waals surface area contributed by atoms with Crippen LogP contribution in [0, 0.1) is 0 Å². The van der Waals surface area contributed by atoms with Gasteiger partial charge < -0.3 is 0 Å². The summed E-state index contributed by atoms with van der Waals surface area (Å²) in [5.74, 6) is 0. The highest BCUT2D eigenvalue weighted by Crippen LogP contribution is 2.40. The lowest BCUT2D eigenvalue weighted by Gasteiger charge is -2.33. The fourth-order valence-electron chi connectivity index (χ4n) is 5.12. The molecule has 0 amide bonds. The smallest absolute Gasteiger partial charge is 0.0690 e. The molecule has 0 N–H and O–H groups in total. The quantitative estimate of drug-likeness (QED) is 0.277. The molecule has 3 heterocycles. The van der Waals surface area contributed by atoms with Crippen LogP contribution in [-0.2, 0) is 21.7 Å². The van der Waals surface area contributed by atoms with E-state index in [0.717, 1.165) is 22.8 Å². The molecule has 4 aromatic rings. The highest BCUT2D eigenvalue weighted by molar-refractivity contribution is 5.45. The van der Waals surface area contributed by atoms with Crippen molar-refractivity contribution in [3.05, 3.63) is 118 Å². The van der Waals surface area contributed by atoms with Crippen LogP contribution in [0.2, 0.25) is 0 Å². The maximum atomic E-state index is 5.23. The van der Waals surface area contributed by atoms with Gasteiger partial charge in [0.05, 0.1) is 22.8 Å². The Kier molecular flexibility index (Phi) is 5.44. The predicted octanol–water partition coefficient (Wildman–Crippen LogP) is 6.88. The third-order valence-corrected chi connectivity index (χ3v) is 8.44. The lowest BCUT2D eigenvalue weighted by atomic mass is 9.74. The van der Waals surface area contributed by atoms with Gasteiger partial charge in [-0.05, 0) is 22.3 Å². The third-order valence-electron chi connectivity index (χ3n) is 8.44. The van der Waals surface area contributed by atoms with Crippen LogP contribution in [0.15, 0.2) is 73.3 Å². The minimum Gasteiger partial charge on any atom is -0.261 e. The van der Waals surface area contributed by atoms with E-state index in [1.54, 1.807) is 0 Å². The monoisotopic (exact) mass is 476 g/mol. The summed E-state index contributed by atoms with van der Waals surface area (Å²) in [6.07, 6.45) is 7.65. The molecule has 36 heavy (non-hydrogen) atoms. The number of nitrogens with zero attached hydrogens (tertiary/aromatic N) is 4. The summed E-state index contributed by atoms with van der Waals surface area (Å²) in [5.41, 5.74) is 7.40. The molecule has 4 heteroatoms. The largest absolute Gasteiger partial charge is 0.261 e. The summed E-state index contributed by atoms with van der Waals surface area (Å²) in [7, 11) is 0. The normalized spacial score (nSPS) is 18.9. The van der Waals surface area contributed by atoms with Crippen LogP contribution in [0.1, 0.15) is 100 Å². The lowest BCUT2D eigenvalue weighted by molar-refractivity contribution is 0.550. The third kappa shape index (κ3) is 3.75. The second-order valence-electron chi connectivity index (χ2n) is 12.2. The Labute approximate surface area is 215 Å². The predicted molar refractivity (Wildman–Crippen MR) is 145 cm³/mol. The zero-order valence-corrected chi connectivity index (χ0v) is 22.7. The van der Waals surface area contributed by atoms with Crippen LogP contribution in [-0.4, -0.2) is 19.9 Å². The van der Waals surface area contributed by atoms with Crippen molar-refractivity contribution in [2.75, 3.05) is 0 Å². The summed E-state index contributed by atoms with van der Waals surface area (Å²) in [6, 6.07) is 17.7. The Hall–Kier alpha value is -3.40. The standard InChI is InChI=1S/C32H36N4/c1-29(2)21-11-9-12-22(15-21)30(3,4)27-19-34-20-28(36-27)32(7,8)24-14-10-13-23(16-24)31(5,6)26-18-33-17-25(29)35-26/h9-20H,1-8H3. The van der Waals surface area contributed by atoms with E-state index in [-0.39, 0.29) is 21.7 Å². The minimum absolute atomic E-state index is 0.320. The van der Waals surface area contributed by atoms with E-state index in [1.807, 2.05) is 24.8 Å². The molecule has 0 spiro atoms. The molecule has 184 valence electrons. The molecule has 0 saturated carbocycles. The van der Waals surface area contributed by atoms with E-state index >= 15 is 0 Å². The highest BCUT2D eigenvalue weighted by Gasteiger charge is 2.35. The number of fused-ring (bicyclic) bond motifs is 8. The number of hydrogen-bond donors (Lipinski definition) is 0. The second kappa shape index (κ2) is 8.06. The van der Waals surface area contributed by atoms with Crippen molar-refractivity contribution in [2.24, 2.45) is 0 Å². The minimum atomic E-state index is -0.320. The lowest BCUT2D eigenvalue weighted by Crippen LogP contribution is -2.29. The van der Waals surface area contributed by atoms with Gasteiger partial charge in [-0.2, -0.15) is 0 Å². The van der Waals surface area contributed by atoms with Crippen LogP contribution in [0.3, 0.4) is 0 Å². The van der Waals surface area contributed by atoms with Crippen LogP contribution in [0.25, 0.3) is 0 Å². The van der Waals surface area contributed by atoms with E-state index in [9.17, 15) is 0 Å². The summed E-state index contributed by atoms with van der Waals surface area (Å²) in [5, 5.41) is 0. The van der Waals surface area contributed by atoms with Crippen LogP contribution in [0.4, 0.5) is 0 Å². The first-order chi connectivity index (χ1) is 16.8. The maximum Gasteiger partial charge on any atom is 0.0690 e. The zero-order valence-electron chi connectivity index (χ0n) is 22.7. The van der Waals surface area contributed by atoms with Gasteiger partial charge in [-0.3, -0.25) is 19.9 Å². The molecule has 0 radical (unpaired) electrons. The van der Waals surface area contributed by atoms with Gasteiger partial charge in [0.25, 0.3) is 0 Å². The summed E-state index contributed by atoms with van der Waals surface area (Å²) >= 11 is 0. The first-order valence-corrected chi connectivity index (χ1v) is 12.7. The van der Waals surface area contributed by atoms with Gasteiger partial charge in [-0.15, -0.1) is 0 Å². The highest BCUT2D eigenvalue weighted by atomic mass is 14.8. The molecule has 2 aromatic heterocycles. The summed E-state index contributed by atoms with van der Waals surface area (Å²) in [4.78, 5) is 19.8. The van der Waals surface area contributed by atoms with Gasteiger partial charge in [-0.25, -0.2) is 0 Å². The first-order valence-electron chi connectivity index (χ1n) is 12.7. The van der Waals surface area contributed by atoms with Crippen LogP contribution in [0.5, 0.6) is 0 Å². The molecular weight excluding hydrogens is 440 g/mol. The second-order valence-corrected chi connectivity index (χ2v) is 12.2. The summed E-state index contributed by atoms with van der Waals surface area (Å²) < 4.78 is 0. The van der Waals surface area contributed by atoms with Crippen molar-refractivity contribution in [3.63, 3.8) is 0 Å². The Morgan fingerprint density at radius 2 is 0.667 bits per heavy atom. The molecule has 0 saturated heterocycles. The average molecular weight is 477 g/mol. The van der Waals surface area contributed by atoms with Crippen molar-refractivity contribution < 1.29 is 0 Å². The maximum absolute atomic E-state index is 5.23. The van der Waals surface area contributed by atoms with Crippen molar-refractivity contribution in [2.45, 2.75) is 77.0 Å². The van der Waals surface area contributed by atoms with E-state index in [0.29, 0.717) is 0 Å². The van der Waals surface area contributed by atoms with Crippen molar-refractivity contribution >= 4 is 0 Å². The molecular formula is C32H36N4. The zero-order chi connectivity index (χ0) is 25.9. The molecule has 0 aliphatic carbocycles. The van der Waals surface area contributed by atoms with E-state index in [4.69, 9.17) is 9.97 Å². The Morgan fingerprint density at radius 1 is 0.417 bits per heavy atom. The number of aromatic nitrogens is 4. The Bertz CT molecular complexity index is 1140. The van der Waals surface area contributed by atoms with E-state index in [2.05, 4.69) is 114 Å². The number of rotatable bonds is 0. The molecule has 0 atom stereocenters.